The normalized spacial score (nSPS) is 19.4. The molecule has 6 heteroatoms. The molecule has 0 amide bonds. The Kier molecular flexibility index (Phi) is 5.19. The molecule has 0 N–H and O–H groups in total. The molecule has 0 spiro atoms. The van der Waals surface area contributed by atoms with Crippen LogP contribution in [0.3, 0.4) is 0 Å². The van der Waals surface area contributed by atoms with E-state index in [1.54, 1.807) is 16.4 Å². The van der Waals surface area contributed by atoms with E-state index in [0.29, 0.717) is 25.2 Å². The number of benzene rings is 2. The molecule has 0 aromatic heterocycles. The lowest BCUT2D eigenvalue weighted by Gasteiger charge is -2.38. The first-order chi connectivity index (χ1) is 12.0. The highest BCUT2D eigenvalue weighted by atomic mass is 32.2. The van der Waals surface area contributed by atoms with Crippen molar-refractivity contribution in [2.75, 3.05) is 26.7 Å². The lowest BCUT2D eigenvalue weighted by molar-refractivity contribution is 0.147. The Balaban J connectivity index is 1.78. The van der Waals surface area contributed by atoms with Gasteiger partial charge in [0.1, 0.15) is 0 Å². The third kappa shape index (κ3) is 3.90. The summed E-state index contributed by atoms with van der Waals surface area (Å²) in [6.07, 6.45) is 0.816. The largest absolute Gasteiger partial charge is 0.300 e. The number of sulfonamides is 1. The van der Waals surface area contributed by atoms with E-state index in [1.165, 1.54) is 17.7 Å². The van der Waals surface area contributed by atoms with Gasteiger partial charge in [0, 0.05) is 25.7 Å². The van der Waals surface area contributed by atoms with E-state index < -0.39 is 10.0 Å². The van der Waals surface area contributed by atoms with Crippen molar-refractivity contribution in [2.24, 2.45) is 0 Å². The van der Waals surface area contributed by atoms with Gasteiger partial charge in [-0.1, -0.05) is 30.3 Å². The van der Waals surface area contributed by atoms with E-state index in [-0.39, 0.29) is 10.9 Å². The fourth-order valence-electron chi connectivity index (χ4n) is 3.09. The zero-order valence-corrected chi connectivity index (χ0v) is 15.0. The summed E-state index contributed by atoms with van der Waals surface area (Å²) < 4.78 is 27.4. The third-order valence-corrected chi connectivity index (χ3v) is 6.55. The molecule has 1 atom stereocenters. The minimum atomic E-state index is -3.54. The smallest absolute Gasteiger partial charge is 0.243 e. The van der Waals surface area contributed by atoms with Crippen LogP contribution in [0.15, 0.2) is 59.5 Å². The predicted octanol–water partition coefficient (Wildman–Crippen LogP) is 2.11. The van der Waals surface area contributed by atoms with Crippen molar-refractivity contribution in [1.29, 1.82) is 5.26 Å². The van der Waals surface area contributed by atoms with Crippen LogP contribution in [0.4, 0.5) is 0 Å². The van der Waals surface area contributed by atoms with Crippen molar-refractivity contribution in [1.82, 2.24) is 9.21 Å². The van der Waals surface area contributed by atoms with Gasteiger partial charge in [-0.05, 0) is 43.3 Å². The number of nitriles is 1. The van der Waals surface area contributed by atoms with Crippen LogP contribution < -0.4 is 0 Å². The zero-order chi connectivity index (χ0) is 17.9. The molecule has 2 aromatic rings. The maximum atomic E-state index is 12.9. The maximum absolute atomic E-state index is 12.9. The van der Waals surface area contributed by atoms with Crippen molar-refractivity contribution < 1.29 is 8.42 Å². The van der Waals surface area contributed by atoms with Gasteiger partial charge in [-0.15, -0.1) is 0 Å². The summed E-state index contributed by atoms with van der Waals surface area (Å²) in [6.45, 7) is 1.64. The number of hydrogen-bond acceptors (Lipinski definition) is 4. The highest BCUT2D eigenvalue weighted by molar-refractivity contribution is 7.89. The molecule has 1 saturated heterocycles. The maximum Gasteiger partial charge on any atom is 0.243 e. The minimum absolute atomic E-state index is 0.143. The molecule has 3 rings (SSSR count). The van der Waals surface area contributed by atoms with E-state index in [4.69, 9.17) is 5.26 Å². The first kappa shape index (κ1) is 17.6. The van der Waals surface area contributed by atoms with Gasteiger partial charge < -0.3 is 4.90 Å². The first-order valence-corrected chi connectivity index (χ1v) is 9.69. The van der Waals surface area contributed by atoms with E-state index in [1.807, 2.05) is 31.3 Å². The van der Waals surface area contributed by atoms with Crippen LogP contribution in [0.25, 0.3) is 0 Å². The Morgan fingerprint density at radius 1 is 1.08 bits per heavy atom. The minimum Gasteiger partial charge on any atom is -0.300 e. The molecule has 0 aliphatic carbocycles. The summed E-state index contributed by atoms with van der Waals surface area (Å²) in [4.78, 5) is 2.46. The number of hydrogen-bond donors (Lipinski definition) is 0. The lowest BCUT2D eigenvalue weighted by Crippen LogP contribution is -2.53. The van der Waals surface area contributed by atoms with Gasteiger partial charge in [0.25, 0.3) is 0 Å². The summed E-state index contributed by atoms with van der Waals surface area (Å²) in [6, 6.07) is 18.4. The topological polar surface area (TPSA) is 64.4 Å². The molecule has 130 valence electrons. The van der Waals surface area contributed by atoms with E-state index in [2.05, 4.69) is 17.0 Å². The molecule has 1 unspecified atom stereocenters. The van der Waals surface area contributed by atoms with Crippen molar-refractivity contribution in [3.63, 3.8) is 0 Å². The quantitative estimate of drug-likeness (QED) is 0.843. The molecule has 1 heterocycles. The van der Waals surface area contributed by atoms with Crippen LogP contribution in [-0.4, -0.2) is 50.3 Å². The summed E-state index contributed by atoms with van der Waals surface area (Å²) in [7, 11) is -1.50. The lowest BCUT2D eigenvalue weighted by atomic mass is 10.0. The molecule has 0 saturated carbocycles. The molecule has 1 aliphatic rings. The Morgan fingerprint density at radius 2 is 1.76 bits per heavy atom. The van der Waals surface area contributed by atoms with Crippen LogP contribution >= 0.6 is 0 Å². The fourth-order valence-corrected chi connectivity index (χ4v) is 4.56. The molecule has 25 heavy (non-hydrogen) atoms. The van der Waals surface area contributed by atoms with Gasteiger partial charge in [0.05, 0.1) is 16.5 Å². The van der Waals surface area contributed by atoms with Crippen LogP contribution in [0, 0.1) is 11.3 Å². The second-order valence-corrected chi connectivity index (χ2v) is 8.26. The monoisotopic (exact) mass is 355 g/mol. The van der Waals surface area contributed by atoms with Crippen LogP contribution in [0.5, 0.6) is 0 Å². The van der Waals surface area contributed by atoms with E-state index in [0.717, 1.165) is 6.42 Å². The summed E-state index contributed by atoms with van der Waals surface area (Å²) >= 11 is 0. The Labute approximate surface area is 149 Å². The molecular weight excluding hydrogens is 334 g/mol. The second kappa shape index (κ2) is 7.36. The van der Waals surface area contributed by atoms with Gasteiger partial charge in [0.15, 0.2) is 0 Å². The molecule has 5 nitrogen and oxygen atoms in total. The van der Waals surface area contributed by atoms with Crippen molar-refractivity contribution >= 4 is 10.0 Å². The standard InChI is InChI=1S/C19H21N3O2S/c1-21-11-12-22(15-18(21)13-16-5-3-2-4-6-16)25(23,24)19-9-7-17(14-20)8-10-19/h2-10,18H,11-13,15H2,1H3. The van der Waals surface area contributed by atoms with E-state index in [9.17, 15) is 8.42 Å². The molecule has 0 bridgehead atoms. The summed E-state index contributed by atoms with van der Waals surface area (Å²) in [5, 5.41) is 8.87. The number of rotatable bonds is 4. The van der Waals surface area contributed by atoms with Gasteiger partial charge in [-0.25, -0.2) is 8.42 Å². The average molecular weight is 355 g/mol. The third-order valence-electron chi connectivity index (χ3n) is 4.68. The summed E-state index contributed by atoms with van der Waals surface area (Å²) in [5.41, 5.74) is 1.66. The number of likely N-dealkylation sites (N-methyl/N-ethyl adjacent to an activating group) is 1. The van der Waals surface area contributed by atoms with Crippen molar-refractivity contribution in [2.45, 2.75) is 17.4 Å². The van der Waals surface area contributed by atoms with Crippen LogP contribution in [-0.2, 0) is 16.4 Å². The molecule has 1 aliphatic heterocycles. The Hall–Kier alpha value is -2.20. The highest BCUT2D eigenvalue weighted by Gasteiger charge is 2.32. The average Bonchev–Trinajstić information content (AvgIpc) is 2.64. The molecule has 2 aromatic carbocycles. The SMILES string of the molecule is CN1CCN(S(=O)(=O)c2ccc(C#N)cc2)CC1Cc1ccccc1. The van der Waals surface area contributed by atoms with Crippen molar-refractivity contribution in [3.8, 4) is 6.07 Å². The Morgan fingerprint density at radius 3 is 2.40 bits per heavy atom. The second-order valence-electron chi connectivity index (χ2n) is 6.32. The van der Waals surface area contributed by atoms with Gasteiger partial charge >= 0.3 is 0 Å². The Bertz CT molecular complexity index is 858. The highest BCUT2D eigenvalue weighted by Crippen LogP contribution is 2.21. The van der Waals surface area contributed by atoms with Crippen LogP contribution in [0.2, 0.25) is 0 Å². The van der Waals surface area contributed by atoms with Crippen molar-refractivity contribution in [3.05, 3.63) is 65.7 Å². The van der Waals surface area contributed by atoms with Crippen LogP contribution in [0.1, 0.15) is 11.1 Å². The molecule has 0 radical (unpaired) electrons. The fraction of sp³-hybridized carbons (Fsp3) is 0.316. The first-order valence-electron chi connectivity index (χ1n) is 8.25. The number of piperazine rings is 1. The zero-order valence-electron chi connectivity index (χ0n) is 14.2. The molecule has 1 fully saturated rings. The number of nitrogens with zero attached hydrogens (tertiary/aromatic N) is 3. The molecular formula is C19H21N3O2S. The van der Waals surface area contributed by atoms with Gasteiger partial charge in [-0.2, -0.15) is 9.57 Å². The predicted molar refractivity (Wildman–Crippen MR) is 96.5 cm³/mol. The van der Waals surface area contributed by atoms with Gasteiger partial charge in [0.2, 0.25) is 10.0 Å². The van der Waals surface area contributed by atoms with Gasteiger partial charge in [-0.3, -0.25) is 0 Å². The van der Waals surface area contributed by atoms with E-state index >= 15 is 0 Å². The summed E-state index contributed by atoms with van der Waals surface area (Å²) in [5.74, 6) is 0.